The van der Waals surface area contributed by atoms with Crippen LogP contribution in [0.5, 0.6) is 11.5 Å². The molecule has 0 fully saturated rings. The highest BCUT2D eigenvalue weighted by Crippen LogP contribution is 2.32. The van der Waals surface area contributed by atoms with Crippen molar-refractivity contribution in [2.75, 3.05) is 6.79 Å². The second-order valence-electron chi connectivity index (χ2n) is 5.91. The monoisotopic (exact) mass is 369 g/mol. The molecule has 3 aromatic rings. The van der Waals surface area contributed by atoms with Crippen LogP contribution in [0.4, 0.5) is 0 Å². The summed E-state index contributed by atoms with van der Waals surface area (Å²) in [6.45, 7) is 2.47. The van der Waals surface area contributed by atoms with Crippen LogP contribution in [-0.4, -0.2) is 22.5 Å². The van der Waals surface area contributed by atoms with Crippen LogP contribution in [0.15, 0.2) is 48.7 Å². The van der Waals surface area contributed by atoms with Crippen molar-refractivity contribution in [1.82, 2.24) is 15.1 Å². The fourth-order valence-electron chi connectivity index (χ4n) is 2.83. The molecular weight excluding hydrogens is 354 g/mol. The standard InChI is InChI=1S/C19H16ClN3O3/c1-12-16(10-22-23(12)15-4-2-3-14(20)8-15)19(24)21-9-13-5-6-17-18(7-13)26-11-25-17/h2-8,10H,9,11H2,1H3,(H,21,24). The fourth-order valence-corrected chi connectivity index (χ4v) is 3.01. The lowest BCUT2D eigenvalue weighted by Crippen LogP contribution is -2.23. The minimum atomic E-state index is -0.187. The maximum absolute atomic E-state index is 12.5. The molecule has 2 aromatic carbocycles. The van der Waals surface area contributed by atoms with E-state index in [0.29, 0.717) is 22.9 Å². The Morgan fingerprint density at radius 2 is 2.08 bits per heavy atom. The number of ether oxygens (including phenoxy) is 2. The zero-order chi connectivity index (χ0) is 18.1. The summed E-state index contributed by atoms with van der Waals surface area (Å²) >= 11 is 6.03. The Labute approximate surface area is 155 Å². The third-order valence-electron chi connectivity index (χ3n) is 4.20. The Balaban J connectivity index is 1.49. The third-order valence-corrected chi connectivity index (χ3v) is 4.43. The molecule has 1 aliphatic rings. The van der Waals surface area contributed by atoms with Crippen LogP contribution in [0.2, 0.25) is 5.02 Å². The number of nitrogens with one attached hydrogen (secondary N) is 1. The van der Waals surface area contributed by atoms with E-state index in [1.807, 2.05) is 37.3 Å². The summed E-state index contributed by atoms with van der Waals surface area (Å²) in [6.07, 6.45) is 1.56. The molecule has 1 N–H and O–H groups in total. The molecule has 1 amide bonds. The Bertz CT molecular complexity index is 984. The summed E-state index contributed by atoms with van der Waals surface area (Å²) in [4.78, 5) is 12.5. The van der Waals surface area contributed by atoms with Gasteiger partial charge in [-0.05, 0) is 42.8 Å². The first-order chi connectivity index (χ1) is 12.6. The van der Waals surface area contributed by atoms with E-state index in [1.165, 1.54) is 0 Å². The molecule has 2 heterocycles. The number of carbonyl (C=O) groups excluding carboxylic acids is 1. The smallest absolute Gasteiger partial charge is 0.255 e. The lowest BCUT2D eigenvalue weighted by atomic mass is 10.2. The van der Waals surface area contributed by atoms with Gasteiger partial charge in [0.15, 0.2) is 11.5 Å². The van der Waals surface area contributed by atoms with Gasteiger partial charge >= 0.3 is 0 Å². The Hall–Kier alpha value is -2.99. The van der Waals surface area contributed by atoms with Crippen molar-refractivity contribution in [2.45, 2.75) is 13.5 Å². The number of carbonyl (C=O) groups is 1. The van der Waals surface area contributed by atoms with Gasteiger partial charge in [-0.15, -0.1) is 0 Å². The average Bonchev–Trinajstić information content (AvgIpc) is 3.25. The summed E-state index contributed by atoms with van der Waals surface area (Å²) in [6, 6.07) is 12.9. The van der Waals surface area contributed by atoms with E-state index in [0.717, 1.165) is 22.7 Å². The molecule has 0 aliphatic carbocycles. The Morgan fingerprint density at radius 3 is 2.92 bits per heavy atom. The molecule has 0 bridgehead atoms. The van der Waals surface area contributed by atoms with Crippen molar-refractivity contribution in [3.05, 3.63) is 70.5 Å². The van der Waals surface area contributed by atoms with E-state index in [1.54, 1.807) is 23.0 Å². The molecule has 0 saturated heterocycles. The van der Waals surface area contributed by atoms with Crippen LogP contribution >= 0.6 is 11.6 Å². The SMILES string of the molecule is Cc1c(C(=O)NCc2ccc3c(c2)OCO3)cnn1-c1cccc(Cl)c1. The van der Waals surface area contributed by atoms with E-state index in [9.17, 15) is 4.79 Å². The maximum atomic E-state index is 12.5. The van der Waals surface area contributed by atoms with Gasteiger partial charge in [0, 0.05) is 11.6 Å². The molecule has 0 spiro atoms. The van der Waals surface area contributed by atoms with E-state index >= 15 is 0 Å². The van der Waals surface area contributed by atoms with Crippen molar-refractivity contribution in [1.29, 1.82) is 0 Å². The number of fused-ring (bicyclic) bond motifs is 1. The normalized spacial score (nSPS) is 12.2. The maximum Gasteiger partial charge on any atom is 0.255 e. The van der Waals surface area contributed by atoms with Gasteiger partial charge in [-0.25, -0.2) is 4.68 Å². The van der Waals surface area contributed by atoms with E-state index < -0.39 is 0 Å². The van der Waals surface area contributed by atoms with Crippen molar-refractivity contribution >= 4 is 17.5 Å². The van der Waals surface area contributed by atoms with Crippen molar-refractivity contribution < 1.29 is 14.3 Å². The highest BCUT2D eigenvalue weighted by Gasteiger charge is 2.16. The number of amides is 1. The largest absolute Gasteiger partial charge is 0.454 e. The zero-order valence-corrected chi connectivity index (χ0v) is 14.8. The molecule has 0 atom stereocenters. The molecule has 0 unspecified atom stereocenters. The highest BCUT2D eigenvalue weighted by molar-refractivity contribution is 6.30. The average molecular weight is 370 g/mol. The molecule has 0 saturated carbocycles. The van der Waals surface area contributed by atoms with Gasteiger partial charge in [0.05, 0.1) is 23.1 Å². The summed E-state index contributed by atoms with van der Waals surface area (Å²) in [5, 5.41) is 7.84. The van der Waals surface area contributed by atoms with Crippen molar-refractivity contribution in [3.8, 4) is 17.2 Å². The number of aromatic nitrogens is 2. The molecular formula is C19H16ClN3O3. The van der Waals surface area contributed by atoms with Crippen LogP contribution in [0.1, 0.15) is 21.6 Å². The van der Waals surface area contributed by atoms with Crippen LogP contribution < -0.4 is 14.8 Å². The Kier molecular flexibility index (Phi) is 4.26. The quantitative estimate of drug-likeness (QED) is 0.764. The van der Waals surface area contributed by atoms with Crippen LogP contribution in [0, 0.1) is 6.92 Å². The molecule has 4 rings (SSSR count). The van der Waals surface area contributed by atoms with Crippen LogP contribution in [-0.2, 0) is 6.54 Å². The van der Waals surface area contributed by atoms with Crippen molar-refractivity contribution in [2.24, 2.45) is 0 Å². The number of benzene rings is 2. The van der Waals surface area contributed by atoms with Crippen molar-refractivity contribution in [3.63, 3.8) is 0 Å². The Morgan fingerprint density at radius 1 is 1.23 bits per heavy atom. The predicted molar refractivity (Wildman–Crippen MR) is 97.0 cm³/mol. The summed E-state index contributed by atoms with van der Waals surface area (Å²) in [5.41, 5.74) is 3.01. The molecule has 7 heteroatoms. The van der Waals surface area contributed by atoms with Gasteiger partial charge in [0.25, 0.3) is 5.91 Å². The van der Waals surface area contributed by atoms with E-state index in [4.69, 9.17) is 21.1 Å². The van der Waals surface area contributed by atoms with Gasteiger partial charge in [-0.3, -0.25) is 4.79 Å². The lowest BCUT2D eigenvalue weighted by molar-refractivity contribution is 0.0950. The molecule has 0 radical (unpaired) electrons. The van der Waals surface area contributed by atoms with E-state index in [-0.39, 0.29) is 12.7 Å². The first-order valence-corrected chi connectivity index (χ1v) is 8.47. The number of hydrogen-bond donors (Lipinski definition) is 1. The van der Waals surface area contributed by atoms with Crippen LogP contribution in [0.3, 0.4) is 0 Å². The lowest BCUT2D eigenvalue weighted by Gasteiger charge is -2.07. The minimum Gasteiger partial charge on any atom is -0.454 e. The highest BCUT2D eigenvalue weighted by atomic mass is 35.5. The number of nitrogens with zero attached hydrogens (tertiary/aromatic N) is 2. The first-order valence-electron chi connectivity index (χ1n) is 8.09. The van der Waals surface area contributed by atoms with E-state index in [2.05, 4.69) is 10.4 Å². The summed E-state index contributed by atoms with van der Waals surface area (Å²) in [5.74, 6) is 1.23. The predicted octanol–water partition coefficient (Wildman–Crippen LogP) is 3.49. The van der Waals surface area contributed by atoms with Gasteiger partial charge in [-0.2, -0.15) is 5.10 Å². The second-order valence-corrected chi connectivity index (χ2v) is 6.34. The molecule has 1 aliphatic heterocycles. The van der Waals surface area contributed by atoms with Gasteiger partial charge in [0.1, 0.15) is 0 Å². The number of halogens is 1. The second kappa shape index (κ2) is 6.72. The summed E-state index contributed by atoms with van der Waals surface area (Å²) in [7, 11) is 0. The van der Waals surface area contributed by atoms with Gasteiger partial charge < -0.3 is 14.8 Å². The first kappa shape index (κ1) is 16.5. The number of rotatable bonds is 4. The van der Waals surface area contributed by atoms with Gasteiger partial charge in [-0.1, -0.05) is 23.7 Å². The molecule has 6 nitrogen and oxygen atoms in total. The third kappa shape index (κ3) is 3.11. The zero-order valence-electron chi connectivity index (χ0n) is 14.0. The summed E-state index contributed by atoms with van der Waals surface area (Å²) < 4.78 is 12.3. The fraction of sp³-hybridized carbons (Fsp3) is 0.158. The molecule has 26 heavy (non-hydrogen) atoms. The number of hydrogen-bond acceptors (Lipinski definition) is 4. The molecule has 132 valence electrons. The molecule has 1 aromatic heterocycles. The minimum absolute atomic E-state index is 0.187. The van der Waals surface area contributed by atoms with Crippen LogP contribution in [0.25, 0.3) is 5.69 Å². The topological polar surface area (TPSA) is 65.4 Å². The van der Waals surface area contributed by atoms with Gasteiger partial charge in [0.2, 0.25) is 6.79 Å².